The van der Waals surface area contributed by atoms with E-state index in [0.29, 0.717) is 22.3 Å². The van der Waals surface area contributed by atoms with E-state index in [-0.39, 0.29) is 34.1 Å². The monoisotopic (exact) mass is 559 g/mol. The summed E-state index contributed by atoms with van der Waals surface area (Å²) in [5, 5.41) is 0.0116. The van der Waals surface area contributed by atoms with E-state index >= 15 is 0 Å². The molecule has 1 aliphatic rings. The number of aromatic nitrogens is 2. The Morgan fingerprint density at radius 3 is 2.07 bits per heavy atom. The lowest BCUT2D eigenvalue weighted by Crippen LogP contribution is -2.38. The van der Waals surface area contributed by atoms with Gasteiger partial charge in [0.05, 0.1) is 37.4 Å². The highest BCUT2D eigenvalue weighted by Crippen LogP contribution is 2.38. The zero-order valence-electron chi connectivity index (χ0n) is 22.5. The molecule has 0 unspecified atom stereocenters. The molecule has 12 heteroatoms. The predicted octanol–water partition coefficient (Wildman–Crippen LogP) is 1.65. The number of nitrogens with two attached hydrogens (primary N) is 1. The highest BCUT2D eigenvalue weighted by molar-refractivity contribution is 6.13. The summed E-state index contributed by atoms with van der Waals surface area (Å²) >= 11 is 0. The Morgan fingerprint density at radius 1 is 0.927 bits per heavy atom. The number of anilines is 1. The number of nitrogen functional groups attached to an aromatic ring is 1. The van der Waals surface area contributed by atoms with Gasteiger partial charge in [-0.05, 0) is 55.3 Å². The Labute approximate surface area is 232 Å². The van der Waals surface area contributed by atoms with Crippen LogP contribution in [0.15, 0.2) is 62.2 Å². The molecule has 0 radical (unpaired) electrons. The molecule has 2 aromatic heterocycles. The van der Waals surface area contributed by atoms with Crippen molar-refractivity contribution in [2.24, 2.45) is 0 Å². The minimum atomic E-state index is -0.915. The van der Waals surface area contributed by atoms with Gasteiger partial charge in [0.15, 0.2) is 0 Å². The summed E-state index contributed by atoms with van der Waals surface area (Å²) in [6.07, 6.45) is 1.02. The molecule has 1 atom stereocenters. The van der Waals surface area contributed by atoms with E-state index in [9.17, 15) is 19.2 Å². The van der Waals surface area contributed by atoms with Crippen molar-refractivity contribution in [1.29, 1.82) is 0 Å². The van der Waals surface area contributed by atoms with Gasteiger partial charge < -0.3 is 28.8 Å². The molecular formula is C29H25N3O9. The molecule has 4 aromatic rings. The maximum atomic E-state index is 13.5. The van der Waals surface area contributed by atoms with Gasteiger partial charge in [-0.3, -0.25) is 0 Å². The molecule has 0 spiro atoms. The number of benzene rings is 2. The standard InChI is InChI=1S/C29H25N3O9/c1-14(2)39-28(36)21-20(16-9-11-18(12-10-16)26(34)38-4)22-24(41-29(30)31-22)32-19(27(35)40-23(21)32)13-15-5-7-17(8-6-15)25(33)37-3/h5-14,20H,1-4H3,(H2,30,31)/b19-13+/t20-/m0/s1. The molecule has 0 fully saturated rings. The topological polar surface area (TPSA) is 166 Å². The summed E-state index contributed by atoms with van der Waals surface area (Å²) in [5.41, 5.74) is 7.00. The van der Waals surface area contributed by atoms with Crippen molar-refractivity contribution in [3.63, 3.8) is 0 Å². The lowest BCUT2D eigenvalue weighted by molar-refractivity contribution is -0.140. The number of fused-ring (bicyclic) bond motifs is 3. The van der Waals surface area contributed by atoms with Crippen LogP contribution in [0.2, 0.25) is 0 Å². The fraction of sp³-hybridized carbons (Fsp3) is 0.207. The average Bonchev–Trinajstić information content (AvgIpc) is 3.50. The van der Waals surface area contributed by atoms with Gasteiger partial charge in [-0.15, -0.1) is 0 Å². The Balaban J connectivity index is 1.78. The van der Waals surface area contributed by atoms with E-state index in [1.54, 1.807) is 50.2 Å². The third-order valence-corrected chi connectivity index (χ3v) is 6.35. The average molecular weight is 560 g/mol. The second kappa shape index (κ2) is 10.6. The molecule has 2 aromatic carbocycles. The molecule has 0 amide bonds. The summed E-state index contributed by atoms with van der Waals surface area (Å²) in [5.74, 6) is -2.63. The molecule has 12 nitrogen and oxygen atoms in total. The first-order chi connectivity index (χ1) is 19.6. The number of esters is 3. The first-order valence-corrected chi connectivity index (χ1v) is 12.4. The summed E-state index contributed by atoms with van der Waals surface area (Å²) in [4.78, 5) is 54.9. The lowest BCUT2D eigenvalue weighted by atomic mass is 9.86. The van der Waals surface area contributed by atoms with E-state index in [1.807, 2.05) is 0 Å². The largest absolute Gasteiger partial charge is 0.465 e. The zero-order chi connectivity index (χ0) is 29.4. The number of ether oxygens (including phenoxy) is 3. The van der Waals surface area contributed by atoms with Crippen LogP contribution in [0.5, 0.6) is 0 Å². The van der Waals surface area contributed by atoms with Crippen LogP contribution in [-0.4, -0.2) is 47.8 Å². The Morgan fingerprint density at radius 2 is 1.51 bits per heavy atom. The summed E-state index contributed by atoms with van der Waals surface area (Å²) in [6, 6.07) is 12.5. The summed E-state index contributed by atoms with van der Waals surface area (Å²) in [7, 11) is 2.55. The number of nitrogens with zero attached hydrogens (tertiary/aromatic N) is 2. The van der Waals surface area contributed by atoms with Crippen molar-refractivity contribution in [2.45, 2.75) is 25.9 Å². The molecule has 2 N–H and O–H groups in total. The van der Waals surface area contributed by atoms with E-state index in [4.69, 9.17) is 28.8 Å². The van der Waals surface area contributed by atoms with Crippen LogP contribution in [0.3, 0.4) is 0 Å². The van der Waals surface area contributed by atoms with Gasteiger partial charge in [0, 0.05) is 0 Å². The van der Waals surface area contributed by atoms with E-state index < -0.39 is 35.6 Å². The SMILES string of the molecule is COC(=O)c1ccc(/C=c2\c(=O)oc3n2-c2oc(N)nc2[C@@H](c2ccc(C(=O)OC)cc2)C=3C(=O)OC(C)C)cc1. The van der Waals surface area contributed by atoms with Gasteiger partial charge in [0.1, 0.15) is 16.6 Å². The molecule has 0 saturated heterocycles. The van der Waals surface area contributed by atoms with Crippen LogP contribution in [0.25, 0.3) is 17.5 Å². The van der Waals surface area contributed by atoms with Gasteiger partial charge >= 0.3 is 23.5 Å². The molecule has 3 heterocycles. The van der Waals surface area contributed by atoms with Crippen LogP contribution in [0.4, 0.5) is 6.01 Å². The van der Waals surface area contributed by atoms with Gasteiger partial charge in [-0.1, -0.05) is 24.3 Å². The van der Waals surface area contributed by atoms with Crippen molar-refractivity contribution in [3.8, 4) is 5.88 Å². The predicted molar refractivity (Wildman–Crippen MR) is 144 cm³/mol. The zero-order valence-corrected chi connectivity index (χ0v) is 22.5. The third kappa shape index (κ3) is 4.91. The first-order valence-electron chi connectivity index (χ1n) is 12.4. The maximum absolute atomic E-state index is 13.5. The van der Waals surface area contributed by atoms with E-state index in [2.05, 4.69) is 4.98 Å². The van der Waals surface area contributed by atoms with Gasteiger partial charge in [-0.25, -0.2) is 23.7 Å². The van der Waals surface area contributed by atoms with Gasteiger partial charge in [0.2, 0.25) is 11.4 Å². The fourth-order valence-corrected chi connectivity index (χ4v) is 4.56. The highest BCUT2D eigenvalue weighted by atomic mass is 16.5. The van der Waals surface area contributed by atoms with E-state index in [1.165, 1.54) is 37.0 Å². The summed E-state index contributed by atoms with van der Waals surface area (Å²) in [6.45, 7) is 3.38. The van der Waals surface area contributed by atoms with Crippen molar-refractivity contribution < 1.29 is 37.4 Å². The smallest absolute Gasteiger partial charge is 0.362 e. The number of hydrogen-bond donors (Lipinski definition) is 1. The van der Waals surface area contributed by atoms with E-state index in [0.717, 1.165) is 0 Å². The van der Waals surface area contributed by atoms with Crippen LogP contribution in [-0.2, 0) is 19.0 Å². The van der Waals surface area contributed by atoms with Crippen LogP contribution in [0.1, 0.15) is 57.3 Å². The van der Waals surface area contributed by atoms with Gasteiger partial charge in [0.25, 0.3) is 6.01 Å². The number of carbonyl (C=O) groups is 3. The number of carbonyl (C=O) groups excluding carboxylic acids is 3. The maximum Gasteiger partial charge on any atom is 0.362 e. The van der Waals surface area contributed by atoms with Crippen molar-refractivity contribution in [1.82, 2.24) is 9.55 Å². The summed E-state index contributed by atoms with van der Waals surface area (Å²) < 4.78 is 27.8. The third-order valence-electron chi connectivity index (χ3n) is 6.35. The Kier molecular flexibility index (Phi) is 7.06. The van der Waals surface area contributed by atoms with Crippen molar-refractivity contribution >= 4 is 35.6 Å². The quantitative estimate of drug-likeness (QED) is 0.270. The molecule has 1 aliphatic heterocycles. The Hall–Kier alpha value is -5.39. The molecule has 41 heavy (non-hydrogen) atoms. The van der Waals surface area contributed by atoms with Crippen molar-refractivity contribution in [3.05, 3.63) is 97.8 Å². The second-order valence-electron chi connectivity index (χ2n) is 9.33. The molecular weight excluding hydrogens is 534 g/mol. The molecule has 0 aliphatic carbocycles. The molecule has 0 bridgehead atoms. The molecule has 0 saturated carbocycles. The number of methoxy groups -OCH3 is 2. The van der Waals surface area contributed by atoms with Crippen LogP contribution >= 0.6 is 0 Å². The minimum Gasteiger partial charge on any atom is -0.465 e. The normalized spacial score (nSPS) is 14.4. The number of oxazole rings is 2. The molecule has 5 rings (SSSR count). The lowest BCUT2D eigenvalue weighted by Gasteiger charge is -2.22. The van der Waals surface area contributed by atoms with Gasteiger partial charge in [-0.2, -0.15) is 4.98 Å². The van der Waals surface area contributed by atoms with Crippen LogP contribution in [0, 0.1) is 0 Å². The Bertz CT molecular complexity index is 1840. The first kappa shape index (κ1) is 27.2. The highest BCUT2D eigenvalue weighted by Gasteiger charge is 2.40. The van der Waals surface area contributed by atoms with Crippen molar-refractivity contribution in [2.75, 3.05) is 20.0 Å². The second-order valence-corrected chi connectivity index (χ2v) is 9.33. The number of hydrogen-bond acceptors (Lipinski definition) is 11. The number of rotatable bonds is 6. The fourth-order valence-electron chi connectivity index (χ4n) is 4.56. The molecule has 210 valence electrons. The van der Waals surface area contributed by atoms with Crippen LogP contribution < -0.4 is 22.3 Å². The minimum absolute atomic E-state index is 0.0110.